The zero-order chi connectivity index (χ0) is 24.7. The lowest BCUT2D eigenvalue weighted by Crippen LogP contribution is -1.99. The van der Waals surface area contributed by atoms with E-state index in [9.17, 15) is 19.2 Å². The summed E-state index contributed by atoms with van der Waals surface area (Å²) in [6.45, 7) is 5.75. The second-order valence-electron chi connectivity index (χ2n) is 5.69. The van der Waals surface area contributed by atoms with E-state index in [0.29, 0.717) is 12.8 Å². The zero-order valence-corrected chi connectivity index (χ0v) is 17.4. The highest BCUT2D eigenvalue weighted by Crippen LogP contribution is 2.07. The third-order valence-electron chi connectivity index (χ3n) is 3.26. The maximum Gasteiger partial charge on any atom is 0.335 e. The van der Waals surface area contributed by atoms with E-state index in [4.69, 9.17) is 30.6 Å². The van der Waals surface area contributed by atoms with E-state index in [1.165, 1.54) is 24.3 Å². The Morgan fingerprint density at radius 1 is 0.581 bits per heavy atom. The molecule has 0 aromatic heterocycles. The summed E-state index contributed by atoms with van der Waals surface area (Å²) < 4.78 is 0. The number of carboxylic acids is 4. The summed E-state index contributed by atoms with van der Waals surface area (Å²) in [5, 5.41) is 48.8. The number of unbranched alkanes of at least 4 members (excludes halogenated alkanes) is 4. The van der Waals surface area contributed by atoms with Crippen LogP contribution in [0.15, 0.2) is 37.4 Å². The predicted octanol–water partition coefficient (Wildman–Crippen LogP) is 2.74. The van der Waals surface area contributed by atoms with Crippen molar-refractivity contribution >= 4 is 23.9 Å². The lowest BCUT2D eigenvalue weighted by Gasteiger charge is -1.97. The molecule has 10 nitrogen and oxygen atoms in total. The first-order valence-electron chi connectivity index (χ1n) is 9.37. The zero-order valence-electron chi connectivity index (χ0n) is 17.4. The Labute approximate surface area is 181 Å². The van der Waals surface area contributed by atoms with Crippen LogP contribution in [0.1, 0.15) is 65.7 Å². The minimum absolute atomic E-state index is 0.0833. The SMILES string of the molecule is C=C.O=C(O)CCCCCCCC(=O)O.O=C(O)c1ccc(C(=O)O)cc1.OCCO. The molecule has 0 fully saturated rings. The van der Waals surface area contributed by atoms with Gasteiger partial charge in [0.15, 0.2) is 0 Å². The van der Waals surface area contributed by atoms with E-state index >= 15 is 0 Å². The van der Waals surface area contributed by atoms with Gasteiger partial charge in [0.1, 0.15) is 0 Å². The molecular weight excluding hydrogens is 412 g/mol. The first kappa shape index (κ1) is 32.4. The molecule has 1 aromatic rings. The second kappa shape index (κ2) is 23.0. The molecule has 1 rings (SSSR count). The molecule has 31 heavy (non-hydrogen) atoms. The Balaban J connectivity index is -0.000000404. The van der Waals surface area contributed by atoms with E-state index in [0.717, 1.165) is 19.3 Å². The fourth-order valence-electron chi connectivity index (χ4n) is 1.84. The Morgan fingerprint density at radius 2 is 0.839 bits per heavy atom. The van der Waals surface area contributed by atoms with E-state index in [1.807, 2.05) is 0 Å². The Hall–Kier alpha value is -3.24. The van der Waals surface area contributed by atoms with Crippen molar-refractivity contribution in [2.24, 2.45) is 0 Å². The molecule has 0 spiro atoms. The summed E-state index contributed by atoms with van der Waals surface area (Å²) in [6, 6.07) is 5.02. The van der Waals surface area contributed by atoms with Crippen molar-refractivity contribution < 1.29 is 49.8 Å². The molecule has 0 unspecified atom stereocenters. The Kier molecular flexibility index (Phi) is 24.1. The van der Waals surface area contributed by atoms with Crippen LogP contribution in [-0.2, 0) is 9.59 Å². The number of rotatable bonds is 11. The molecular formula is C21H32O10. The topological polar surface area (TPSA) is 190 Å². The van der Waals surface area contributed by atoms with Gasteiger partial charge >= 0.3 is 23.9 Å². The monoisotopic (exact) mass is 444 g/mol. The molecule has 0 saturated carbocycles. The molecule has 0 atom stereocenters. The van der Waals surface area contributed by atoms with Crippen LogP contribution in [0.4, 0.5) is 0 Å². The number of aliphatic hydroxyl groups excluding tert-OH is 2. The lowest BCUT2D eigenvalue weighted by molar-refractivity contribution is -0.138. The van der Waals surface area contributed by atoms with Gasteiger partial charge < -0.3 is 30.6 Å². The summed E-state index contributed by atoms with van der Waals surface area (Å²) in [5.41, 5.74) is 0.167. The second-order valence-corrected chi connectivity index (χ2v) is 5.69. The van der Waals surface area contributed by atoms with Gasteiger partial charge in [-0.25, -0.2) is 9.59 Å². The molecule has 1 aromatic carbocycles. The Morgan fingerprint density at radius 3 is 1.03 bits per heavy atom. The number of aliphatic hydroxyl groups is 2. The number of carbonyl (C=O) groups is 4. The average Bonchev–Trinajstić information content (AvgIpc) is 2.74. The molecule has 0 saturated heterocycles. The van der Waals surface area contributed by atoms with Crippen LogP contribution < -0.4 is 0 Å². The van der Waals surface area contributed by atoms with Crippen LogP contribution in [0.5, 0.6) is 0 Å². The first-order chi connectivity index (χ1) is 14.6. The molecule has 0 aliphatic carbocycles. The molecule has 0 aliphatic rings. The van der Waals surface area contributed by atoms with Crippen LogP contribution in [-0.4, -0.2) is 67.7 Å². The normalized spacial score (nSPS) is 8.84. The minimum atomic E-state index is -1.06. The summed E-state index contributed by atoms with van der Waals surface area (Å²) in [5.74, 6) is -3.64. The number of hydrogen-bond acceptors (Lipinski definition) is 6. The summed E-state index contributed by atoms with van der Waals surface area (Å²) in [4.78, 5) is 40.9. The number of carboxylic acid groups (broad SMARTS) is 4. The largest absolute Gasteiger partial charge is 0.481 e. The molecule has 10 heteroatoms. The van der Waals surface area contributed by atoms with Gasteiger partial charge in [-0.1, -0.05) is 19.3 Å². The van der Waals surface area contributed by atoms with E-state index in [-0.39, 0.29) is 37.2 Å². The van der Waals surface area contributed by atoms with Crippen molar-refractivity contribution in [2.45, 2.75) is 44.9 Å². The van der Waals surface area contributed by atoms with Crippen LogP contribution >= 0.6 is 0 Å². The number of aromatic carboxylic acids is 2. The van der Waals surface area contributed by atoms with E-state index in [2.05, 4.69) is 13.2 Å². The Bertz CT molecular complexity index is 573. The molecule has 176 valence electrons. The molecule has 0 radical (unpaired) electrons. The van der Waals surface area contributed by atoms with Gasteiger partial charge in [-0.15, -0.1) is 13.2 Å². The standard InChI is InChI=1S/C9H16O4.C8H6O4.C2H6O2.C2H4/c10-8(11)6-4-2-1-3-5-7-9(12)13;9-7(10)5-1-2-6(4-3-5)8(11)12;3-1-2-4;1-2/h1-7H2,(H,10,11)(H,12,13);1-4H,(H,9,10)(H,11,12);3-4H,1-2H2;1-2H2. The predicted molar refractivity (Wildman–Crippen MR) is 113 cm³/mol. The highest BCUT2D eigenvalue weighted by atomic mass is 16.4. The fraction of sp³-hybridized carbons (Fsp3) is 0.429. The molecule has 0 bridgehead atoms. The van der Waals surface area contributed by atoms with Gasteiger partial charge in [-0.3, -0.25) is 9.59 Å². The average molecular weight is 444 g/mol. The maximum atomic E-state index is 10.3. The highest BCUT2D eigenvalue weighted by Gasteiger charge is 2.04. The van der Waals surface area contributed by atoms with Gasteiger partial charge in [0.05, 0.1) is 24.3 Å². The van der Waals surface area contributed by atoms with Gasteiger partial charge in [-0.2, -0.15) is 0 Å². The molecule has 0 heterocycles. The smallest absolute Gasteiger partial charge is 0.335 e. The van der Waals surface area contributed by atoms with Gasteiger partial charge in [0.2, 0.25) is 0 Å². The molecule has 0 aliphatic heterocycles. The van der Waals surface area contributed by atoms with Crippen molar-refractivity contribution in [2.75, 3.05) is 13.2 Å². The van der Waals surface area contributed by atoms with E-state index < -0.39 is 23.9 Å². The number of aliphatic carboxylic acids is 2. The third-order valence-corrected chi connectivity index (χ3v) is 3.26. The molecule has 0 amide bonds. The maximum absolute atomic E-state index is 10.3. The van der Waals surface area contributed by atoms with Crippen molar-refractivity contribution in [1.29, 1.82) is 0 Å². The van der Waals surface area contributed by atoms with Gasteiger partial charge in [0, 0.05) is 12.8 Å². The quantitative estimate of drug-likeness (QED) is 0.218. The minimum Gasteiger partial charge on any atom is -0.481 e. The van der Waals surface area contributed by atoms with Gasteiger partial charge in [0.25, 0.3) is 0 Å². The first-order valence-corrected chi connectivity index (χ1v) is 9.37. The summed E-state index contributed by atoms with van der Waals surface area (Å²) >= 11 is 0. The van der Waals surface area contributed by atoms with Crippen LogP contribution in [0.3, 0.4) is 0 Å². The summed E-state index contributed by atoms with van der Waals surface area (Å²) in [6.07, 6.45) is 4.53. The molecule has 6 N–H and O–H groups in total. The third kappa shape index (κ3) is 24.7. The summed E-state index contributed by atoms with van der Waals surface area (Å²) in [7, 11) is 0. The van der Waals surface area contributed by atoms with E-state index in [1.54, 1.807) is 0 Å². The van der Waals surface area contributed by atoms with Crippen LogP contribution in [0.25, 0.3) is 0 Å². The van der Waals surface area contributed by atoms with Crippen molar-refractivity contribution in [3.8, 4) is 0 Å². The number of hydrogen-bond donors (Lipinski definition) is 6. The van der Waals surface area contributed by atoms with Crippen molar-refractivity contribution in [1.82, 2.24) is 0 Å². The van der Waals surface area contributed by atoms with Gasteiger partial charge in [-0.05, 0) is 37.1 Å². The van der Waals surface area contributed by atoms with Crippen molar-refractivity contribution in [3.63, 3.8) is 0 Å². The highest BCUT2D eigenvalue weighted by molar-refractivity contribution is 5.91. The fourth-order valence-corrected chi connectivity index (χ4v) is 1.84. The van der Waals surface area contributed by atoms with Crippen molar-refractivity contribution in [3.05, 3.63) is 48.6 Å². The van der Waals surface area contributed by atoms with Crippen LogP contribution in [0.2, 0.25) is 0 Å². The van der Waals surface area contributed by atoms with Crippen LogP contribution in [0, 0.1) is 0 Å². The lowest BCUT2D eigenvalue weighted by atomic mass is 10.1. The number of benzene rings is 1.